The standard InChI is InChI=1S/C4H6BrFO/c1-3(7)4(2,5)6/h1-2H3/t4-/m0/s1. The SMILES string of the molecule is CC(=O)[C@](C)(F)Br. The van der Waals surface area contributed by atoms with Crippen LogP contribution in [0.1, 0.15) is 13.8 Å². The molecule has 7 heavy (non-hydrogen) atoms. The maximum atomic E-state index is 12.1. The first-order valence-corrected chi connectivity index (χ1v) is 2.63. The molecule has 1 atom stereocenters. The number of halogens is 2. The van der Waals surface area contributed by atoms with Crippen LogP contribution in [0.2, 0.25) is 0 Å². The summed E-state index contributed by atoms with van der Waals surface area (Å²) in [5.41, 5.74) is 0. The monoisotopic (exact) mass is 168 g/mol. The van der Waals surface area contributed by atoms with Crippen LogP contribution in [-0.4, -0.2) is 10.4 Å². The summed E-state index contributed by atoms with van der Waals surface area (Å²) in [7, 11) is 0. The molecule has 0 aliphatic carbocycles. The molecule has 0 spiro atoms. The van der Waals surface area contributed by atoms with E-state index in [1.165, 1.54) is 6.92 Å². The summed E-state index contributed by atoms with van der Waals surface area (Å²) in [6.07, 6.45) is 0. The Morgan fingerprint density at radius 2 is 2.00 bits per heavy atom. The number of hydrogen-bond acceptors (Lipinski definition) is 1. The van der Waals surface area contributed by atoms with Gasteiger partial charge in [0.2, 0.25) is 4.58 Å². The molecule has 0 aromatic rings. The second kappa shape index (κ2) is 1.90. The number of carbonyl (C=O) groups excluding carboxylic acids is 1. The van der Waals surface area contributed by atoms with Crippen LogP contribution in [0.3, 0.4) is 0 Å². The largest absolute Gasteiger partial charge is 0.295 e. The van der Waals surface area contributed by atoms with Gasteiger partial charge in [-0.2, -0.15) is 0 Å². The highest BCUT2D eigenvalue weighted by Crippen LogP contribution is 2.18. The molecule has 0 fully saturated rings. The fourth-order valence-electron chi connectivity index (χ4n) is 0. The molecule has 0 bridgehead atoms. The predicted molar refractivity (Wildman–Crippen MR) is 29.1 cm³/mol. The molecule has 0 heterocycles. The van der Waals surface area contributed by atoms with Crippen molar-refractivity contribution in [3.8, 4) is 0 Å². The van der Waals surface area contributed by atoms with E-state index in [0.717, 1.165) is 6.92 Å². The smallest absolute Gasteiger partial charge is 0.219 e. The lowest BCUT2D eigenvalue weighted by atomic mass is 10.3. The number of alkyl halides is 2. The molecular formula is C4H6BrFO. The predicted octanol–water partition coefficient (Wildman–Crippen LogP) is 1.66. The Kier molecular flexibility index (Phi) is 1.92. The van der Waals surface area contributed by atoms with Crippen LogP contribution in [0, 0.1) is 0 Å². The van der Waals surface area contributed by atoms with Crippen molar-refractivity contribution in [2.24, 2.45) is 0 Å². The summed E-state index contributed by atoms with van der Waals surface area (Å²) >= 11 is 2.53. The summed E-state index contributed by atoms with van der Waals surface area (Å²) in [5, 5.41) is 0. The van der Waals surface area contributed by atoms with Gasteiger partial charge in [0.15, 0.2) is 5.78 Å². The van der Waals surface area contributed by atoms with Crippen molar-refractivity contribution in [2.75, 3.05) is 0 Å². The van der Waals surface area contributed by atoms with Gasteiger partial charge in [-0.25, -0.2) is 4.39 Å². The van der Waals surface area contributed by atoms with Crippen molar-refractivity contribution < 1.29 is 9.18 Å². The van der Waals surface area contributed by atoms with Crippen molar-refractivity contribution in [3.05, 3.63) is 0 Å². The van der Waals surface area contributed by atoms with Crippen LogP contribution < -0.4 is 0 Å². The Bertz CT molecular complexity index is 84.2. The summed E-state index contributed by atoms with van der Waals surface area (Å²) in [5.74, 6) is -0.507. The molecule has 0 aliphatic rings. The average molecular weight is 169 g/mol. The topological polar surface area (TPSA) is 17.1 Å². The highest BCUT2D eigenvalue weighted by atomic mass is 79.9. The minimum atomic E-state index is -1.83. The molecule has 0 aromatic carbocycles. The summed E-state index contributed by atoms with van der Waals surface area (Å²) < 4.78 is 10.3. The minimum absolute atomic E-state index is 0.507. The molecule has 0 amide bonds. The molecule has 0 aliphatic heterocycles. The number of ketones is 1. The highest BCUT2D eigenvalue weighted by molar-refractivity contribution is 9.10. The van der Waals surface area contributed by atoms with Gasteiger partial charge in [0.05, 0.1) is 0 Å². The fourth-order valence-corrected chi connectivity index (χ4v) is 0. The zero-order valence-corrected chi connectivity index (χ0v) is 5.75. The molecule has 0 unspecified atom stereocenters. The quantitative estimate of drug-likeness (QED) is 0.545. The molecule has 0 rings (SSSR count). The number of rotatable bonds is 1. The van der Waals surface area contributed by atoms with Crippen molar-refractivity contribution >= 4 is 21.7 Å². The van der Waals surface area contributed by atoms with Gasteiger partial charge in [0.1, 0.15) is 0 Å². The van der Waals surface area contributed by atoms with Gasteiger partial charge in [0.25, 0.3) is 0 Å². The minimum Gasteiger partial charge on any atom is -0.295 e. The molecule has 1 nitrogen and oxygen atoms in total. The molecular weight excluding hydrogens is 163 g/mol. The van der Waals surface area contributed by atoms with E-state index < -0.39 is 10.4 Å². The maximum absolute atomic E-state index is 12.1. The Labute approximate surface area is 50.0 Å². The Balaban J connectivity index is 3.79. The Hall–Kier alpha value is 0.0800. The van der Waals surface area contributed by atoms with Gasteiger partial charge in [-0.05, 0) is 29.8 Å². The first-order chi connectivity index (χ1) is 2.94. The van der Waals surface area contributed by atoms with Crippen LogP contribution in [0.15, 0.2) is 0 Å². The van der Waals surface area contributed by atoms with Crippen molar-refractivity contribution in [3.63, 3.8) is 0 Å². The summed E-state index contributed by atoms with van der Waals surface area (Å²) in [6.45, 7) is 2.35. The van der Waals surface area contributed by atoms with Crippen molar-refractivity contribution in [1.82, 2.24) is 0 Å². The lowest BCUT2D eigenvalue weighted by Crippen LogP contribution is -2.17. The molecule has 0 saturated heterocycles. The second-order valence-electron chi connectivity index (χ2n) is 1.44. The van der Waals surface area contributed by atoms with Crippen LogP contribution in [0.4, 0.5) is 4.39 Å². The van der Waals surface area contributed by atoms with Crippen LogP contribution in [0.25, 0.3) is 0 Å². The lowest BCUT2D eigenvalue weighted by molar-refractivity contribution is -0.122. The van der Waals surface area contributed by atoms with Crippen LogP contribution >= 0.6 is 15.9 Å². The molecule has 42 valence electrons. The van der Waals surface area contributed by atoms with E-state index in [4.69, 9.17) is 0 Å². The molecule has 0 aromatic heterocycles. The first-order valence-electron chi connectivity index (χ1n) is 1.83. The number of carbonyl (C=O) groups is 1. The molecule has 0 saturated carbocycles. The molecule has 0 N–H and O–H groups in total. The lowest BCUT2D eigenvalue weighted by Gasteiger charge is -2.03. The highest BCUT2D eigenvalue weighted by Gasteiger charge is 2.23. The van der Waals surface area contributed by atoms with Crippen LogP contribution in [0.5, 0.6) is 0 Å². The van der Waals surface area contributed by atoms with Gasteiger partial charge in [-0.15, -0.1) is 0 Å². The second-order valence-corrected chi connectivity index (χ2v) is 2.93. The summed E-state index contributed by atoms with van der Waals surface area (Å²) in [6, 6.07) is 0. The van der Waals surface area contributed by atoms with Gasteiger partial charge in [-0.3, -0.25) is 4.79 Å². The molecule has 3 heteroatoms. The maximum Gasteiger partial charge on any atom is 0.219 e. The zero-order chi connectivity index (χ0) is 6.08. The summed E-state index contributed by atoms with van der Waals surface area (Å²) in [4.78, 5) is 10.0. The fraction of sp³-hybridized carbons (Fsp3) is 0.750. The van der Waals surface area contributed by atoms with Crippen molar-refractivity contribution in [1.29, 1.82) is 0 Å². The third kappa shape index (κ3) is 2.74. The third-order valence-corrected chi connectivity index (χ3v) is 1.18. The number of Topliss-reactive ketones (excluding diaryl/α,β-unsaturated/α-hetero) is 1. The van der Waals surface area contributed by atoms with Gasteiger partial charge < -0.3 is 0 Å². The molecule has 0 radical (unpaired) electrons. The van der Waals surface area contributed by atoms with Gasteiger partial charge >= 0.3 is 0 Å². The zero-order valence-electron chi connectivity index (χ0n) is 4.16. The van der Waals surface area contributed by atoms with Crippen molar-refractivity contribution in [2.45, 2.75) is 18.4 Å². The van der Waals surface area contributed by atoms with E-state index >= 15 is 0 Å². The Morgan fingerprint density at radius 3 is 2.00 bits per heavy atom. The third-order valence-electron chi connectivity index (χ3n) is 0.618. The van der Waals surface area contributed by atoms with E-state index in [-0.39, 0.29) is 0 Å². The first kappa shape index (κ1) is 7.08. The average Bonchev–Trinajstić information content (AvgIpc) is 1.31. The number of hydrogen-bond donors (Lipinski definition) is 0. The van der Waals surface area contributed by atoms with Gasteiger partial charge in [-0.1, -0.05) is 0 Å². The normalized spacial score (nSPS) is 18.3. The Morgan fingerprint density at radius 1 is 1.86 bits per heavy atom. The van der Waals surface area contributed by atoms with Crippen LogP contribution in [-0.2, 0) is 4.79 Å². The van der Waals surface area contributed by atoms with E-state index in [1.807, 2.05) is 0 Å². The van der Waals surface area contributed by atoms with E-state index in [1.54, 1.807) is 0 Å². The van der Waals surface area contributed by atoms with E-state index in [0.29, 0.717) is 0 Å². The van der Waals surface area contributed by atoms with E-state index in [2.05, 4.69) is 15.9 Å². The van der Waals surface area contributed by atoms with E-state index in [9.17, 15) is 9.18 Å². The van der Waals surface area contributed by atoms with Gasteiger partial charge in [0, 0.05) is 0 Å².